The Labute approximate surface area is 104 Å². The zero-order chi connectivity index (χ0) is 13.2. The quantitative estimate of drug-likeness (QED) is 0.847. The Hall–Kier alpha value is -1.85. The molecule has 1 aliphatic rings. The summed E-state index contributed by atoms with van der Waals surface area (Å²) >= 11 is 0. The molecule has 0 saturated heterocycles. The molecule has 98 valence electrons. The molecule has 1 heterocycles. The van der Waals surface area contributed by atoms with Gasteiger partial charge < -0.3 is 14.8 Å². The summed E-state index contributed by atoms with van der Waals surface area (Å²) in [6.07, 6.45) is 4.41. The lowest BCUT2D eigenvalue weighted by molar-refractivity contribution is -0.138. The van der Waals surface area contributed by atoms with Gasteiger partial charge in [0, 0.05) is 0 Å². The molecule has 1 amide bonds. The predicted octanol–water partition coefficient (Wildman–Crippen LogP) is 1.50. The van der Waals surface area contributed by atoms with Gasteiger partial charge in [0.1, 0.15) is 0 Å². The molecule has 1 aromatic heterocycles. The van der Waals surface area contributed by atoms with Crippen molar-refractivity contribution in [1.29, 1.82) is 0 Å². The van der Waals surface area contributed by atoms with Crippen LogP contribution in [0.5, 0.6) is 0 Å². The number of hydrogen-bond acceptors (Lipinski definition) is 4. The van der Waals surface area contributed by atoms with Crippen molar-refractivity contribution in [3.63, 3.8) is 0 Å². The Kier molecular flexibility index (Phi) is 3.36. The number of carboxylic acid groups (broad SMARTS) is 1. The maximum Gasteiger partial charge on any atom is 0.305 e. The summed E-state index contributed by atoms with van der Waals surface area (Å²) in [5, 5.41) is 11.8. The van der Waals surface area contributed by atoms with Crippen LogP contribution in [0.2, 0.25) is 0 Å². The Balaban J connectivity index is 2.12. The molecule has 0 aliphatic heterocycles. The molecular weight excluding hydrogens is 236 g/mol. The van der Waals surface area contributed by atoms with Gasteiger partial charge in [0.15, 0.2) is 6.39 Å². The maximum atomic E-state index is 12.0. The molecule has 18 heavy (non-hydrogen) atoms. The van der Waals surface area contributed by atoms with Gasteiger partial charge in [-0.3, -0.25) is 9.59 Å². The van der Waals surface area contributed by atoms with Crippen LogP contribution in [0.1, 0.15) is 48.4 Å². The van der Waals surface area contributed by atoms with Crippen LogP contribution in [0.15, 0.2) is 10.8 Å². The first-order valence-corrected chi connectivity index (χ1v) is 5.97. The number of oxazole rings is 1. The van der Waals surface area contributed by atoms with Crippen molar-refractivity contribution in [1.82, 2.24) is 10.3 Å². The summed E-state index contributed by atoms with van der Waals surface area (Å²) in [4.78, 5) is 26.8. The van der Waals surface area contributed by atoms with E-state index in [1.165, 1.54) is 6.39 Å². The Morgan fingerprint density at radius 1 is 1.50 bits per heavy atom. The normalized spacial score (nSPS) is 17.6. The molecule has 6 nitrogen and oxygen atoms in total. The molecular formula is C12H16N2O4. The lowest BCUT2D eigenvalue weighted by Gasteiger charge is -2.28. The Bertz CT molecular complexity index is 460. The second-order valence-electron chi connectivity index (χ2n) is 4.78. The number of aryl methyl sites for hydroxylation is 1. The first-order chi connectivity index (χ1) is 8.52. The maximum absolute atomic E-state index is 12.0. The van der Waals surface area contributed by atoms with E-state index >= 15 is 0 Å². The summed E-state index contributed by atoms with van der Waals surface area (Å²) in [6, 6.07) is 0. The highest BCUT2D eigenvalue weighted by atomic mass is 16.4. The van der Waals surface area contributed by atoms with Crippen LogP contribution in [0, 0.1) is 6.92 Å². The fourth-order valence-corrected chi connectivity index (χ4v) is 2.50. The molecule has 0 atom stereocenters. The minimum absolute atomic E-state index is 0.0497. The number of aliphatic carboxylic acids is 1. The van der Waals surface area contributed by atoms with Gasteiger partial charge in [-0.15, -0.1) is 0 Å². The van der Waals surface area contributed by atoms with Gasteiger partial charge in [0.05, 0.1) is 17.7 Å². The van der Waals surface area contributed by atoms with Crippen LogP contribution < -0.4 is 5.32 Å². The van der Waals surface area contributed by atoms with E-state index in [4.69, 9.17) is 9.52 Å². The standard InChI is InChI=1S/C12H16N2O4/c1-8-10(18-7-13-8)11(17)14-12(6-9(15)16)4-2-3-5-12/h7H,2-6H2,1H3,(H,14,17)(H,15,16). The molecule has 2 N–H and O–H groups in total. The van der Waals surface area contributed by atoms with Crippen molar-refractivity contribution in [2.75, 3.05) is 0 Å². The molecule has 6 heteroatoms. The molecule has 0 radical (unpaired) electrons. The van der Waals surface area contributed by atoms with E-state index in [0.29, 0.717) is 18.5 Å². The molecule has 0 aromatic carbocycles. The molecule has 0 unspecified atom stereocenters. The van der Waals surface area contributed by atoms with E-state index < -0.39 is 11.5 Å². The second kappa shape index (κ2) is 4.80. The summed E-state index contributed by atoms with van der Waals surface area (Å²) in [7, 11) is 0. The van der Waals surface area contributed by atoms with Gasteiger partial charge >= 0.3 is 5.97 Å². The largest absolute Gasteiger partial charge is 0.481 e. The van der Waals surface area contributed by atoms with Gasteiger partial charge in [-0.05, 0) is 19.8 Å². The van der Waals surface area contributed by atoms with Crippen LogP contribution in [-0.2, 0) is 4.79 Å². The number of amides is 1. The van der Waals surface area contributed by atoms with Gasteiger partial charge in [-0.1, -0.05) is 12.8 Å². The number of carbonyl (C=O) groups is 2. The van der Waals surface area contributed by atoms with Gasteiger partial charge in [-0.2, -0.15) is 0 Å². The first-order valence-electron chi connectivity index (χ1n) is 5.97. The average Bonchev–Trinajstić information content (AvgIpc) is 2.86. The van der Waals surface area contributed by atoms with Crippen molar-refractivity contribution in [3.05, 3.63) is 17.8 Å². The lowest BCUT2D eigenvalue weighted by Crippen LogP contribution is -2.47. The highest BCUT2D eigenvalue weighted by molar-refractivity contribution is 5.93. The number of carbonyl (C=O) groups excluding carboxylic acids is 1. The molecule has 0 bridgehead atoms. The average molecular weight is 252 g/mol. The van der Waals surface area contributed by atoms with Crippen molar-refractivity contribution in [2.24, 2.45) is 0 Å². The molecule has 1 aromatic rings. The summed E-state index contributed by atoms with van der Waals surface area (Å²) < 4.78 is 5.02. The summed E-state index contributed by atoms with van der Waals surface area (Å²) in [6.45, 7) is 1.68. The van der Waals surface area contributed by atoms with Crippen LogP contribution in [-0.4, -0.2) is 27.5 Å². The van der Waals surface area contributed by atoms with E-state index in [9.17, 15) is 9.59 Å². The van der Waals surface area contributed by atoms with Gasteiger partial charge in [0.25, 0.3) is 5.91 Å². The third-order valence-corrected chi connectivity index (χ3v) is 3.38. The monoisotopic (exact) mass is 252 g/mol. The fourth-order valence-electron chi connectivity index (χ4n) is 2.50. The molecule has 1 aliphatic carbocycles. The number of carboxylic acids is 1. The van der Waals surface area contributed by atoms with E-state index in [1.54, 1.807) is 6.92 Å². The minimum atomic E-state index is -0.897. The lowest BCUT2D eigenvalue weighted by atomic mass is 9.93. The number of aromatic nitrogens is 1. The minimum Gasteiger partial charge on any atom is -0.481 e. The van der Waals surface area contributed by atoms with E-state index in [0.717, 1.165) is 12.8 Å². The first kappa shape index (κ1) is 12.6. The van der Waals surface area contributed by atoms with Crippen LogP contribution in [0.4, 0.5) is 0 Å². The zero-order valence-corrected chi connectivity index (χ0v) is 10.2. The third kappa shape index (κ3) is 2.52. The molecule has 1 fully saturated rings. The summed E-state index contributed by atoms with van der Waals surface area (Å²) in [5.74, 6) is -1.12. The number of nitrogens with one attached hydrogen (secondary N) is 1. The highest BCUT2D eigenvalue weighted by Crippen LogP contribution is 2.33. The number of rotatable bonds is 4. The van der Waals surface area contributed by atoms with Crippen molar-refractivity contribution in [3.8, 4) is 0 Å². The summed E-state index contributed by atoms with van der Waals surface area (Å²) in [5.41, 5.74) is -0.127. The zero-order valence-electron chi connectivity index (χ0n) is 10.2. The van der Waals surface area contributed by atoms with Crippen molar-refractivity contribution >= 4 is 11.9 Å². The van der Waals surface area contributed by atoms with E-state index in [-0.39, 0.29) is 18.1 Å². The van der Waals surface area contributed by atoms with Crippen molar-refractivity contribution < 1.29 is 19.1 Å². The smallest absolute Gasteiger partial charge is 0.305 e. The van der Waals surface area contributed by atoms with Gasteiger partial charge in [-0.25, -0.2) is 4.98 Å². The van der Waals surface area contributed by atoms with Crippen LogP contribution in [0.3, 0.4) is 0 Å². The topological polar surface area (TPSA) is 92.4 Å². The molecule has 2 rings (SSSR count). The van der Waals surface area contributed by atoms with Crippen LogP contribution >= 0.6 is 0 Å². The fraction of sp³-hybridized carbons (Fsp3) is 0.583. The Morgan fingerprint density at radius 2 is 2.17 bits per heavy atom. The number of nitrogens with zero attached hydrogens (tertiary/aromatic N) is 1. The van der Waals surface area contributed by atoms with E-state index in [2.05, 4.69) is 10.3 Å². The Morgan fingerprint density at radius 3 is 2.67 bits per heavy atom. The van der Waals surface area contributed by atoms with Crippen LogP contribution in [0.25, 0.3) is 0 Å². The molecule has 0 spiro atoms. The van der Waals surface area contributed by atoms with E-state index in [1.807, 2.05) is 0 Å². The second-order valence-corrected chi connectivity index (χ2v) is 4.78. The SMILES string of the molecule is Cc1ncoc1C(=O)NC1(CC(=O)O)CCCC1. The molecule has 1 saturated carbocycles. The highest BCUT2D eigenvalue weighted by Gasteiger charge is 2.38. The third-order valence-electron chi connectivity index (χ3n) is 3.38. The van der Waals surface area contributed by atoms with Gasteiger partial charge in [0.2, 0.25) is 5.76 Å². The number of hydrogen-bond donors (Lipinski definition) is 2. The van der Waals surface area contributed by atoms with Crippen molar-refractivity contribution in [2.45, 2.75) is 44.6 Å². The predicted molar refractivity (Wildman–Crippen MR) is 62.2 cm³/mol.